The molecule has 1 N–H and O–H groups in total. The van der Waals surface area contributed by atoms with Gasteiger partial charge < -0.3 is 9.84 Å². The Balaban J connectivity index is 1.75. The molecule has 0 unspecified atom stereocenters. The number of hydrogen-bond acceptors (Lipinski definition) is 5. The van der Waals surface area contributed by atoms with E-state index in [4.69, 9.17) is 9.84 Å². The Labute approximate surface area is 174 Å². The smallest absolute Gasteiger partial charge is 0.335 e. The van der Waals surface area contributed by atoms with Gasteiger partial charge >= 0.3 is 5.97 Å². The predicted octanol–water partition coefficient (Wildman–Crippen LogP) is 5.39. The van der Waals surface area contributed by atoms with Gasteiger partial charge in [-0.05, 0) is 48.0 Å². The number of hydrogen-bond donors (Lipinski definition) is 1. The summed E-state index contributed by atoms with van der Waals surface area (Å²) in [5, 5.41) is 19.7. The van der Waals surface area contributed by atoms with Crippen LogP contribution in [0, 0.1) is 10.1 Å². The zero-order valence-corrected chi connectivity index (χ0v) is 16.6. The van der Waals surface area contributed by atoms with Gasteiger partial charge in [0.15, 0.2) is 0 Å². The maximum atomic E-state index is 10.9. The molecule has 0 atom stereocenters. The Hall–Kier alpha value is -3.52. The third-order valence-electron chi connectivity index (χ3n) is 3.98. The first-order valence-electron chi connectivity index (χ1n) is 8.45. The highest BCUT2D eigenvalue weighted by Gasteiger charge is 2.06. The lowest BCUT2D eigenvalue weighted by atomic mass is 10.1. The van der Waals surface area contributed by atoms with Crippen LogP contribution >= 0.6 is 15.9 Å². The molecule has 3 aromatic carbocycles. The molecule has 29 heavy (non-hydrogen) atoms. The average Bonchev–Trinajstić information content (AvgIpc) is 2.72. The van der Waals surface area contributed by atoms with Crippen LogP contribution in [-0.2, 0) is 6.61 Å². The highest BCUT2D eigenvalue weighted by atomic mass is 79.9. The molecule has 3 rings (SSSR count). The monoisotopic (exact) mass is 454 g/mol. The van der Waals surface area contributed by atoms with Crippen molar-refractivity contribution in [3.63, 3.8) is 0 Å². The van der Waals surface area contributed by atoms with Crippen molar-refractivity contribution in [3.8, 4) is 5.75 Å². The quantitative estimate of drug-likeness (QED) is 0.293. The first-order chi connectivity index (χ1) is 13.9. The number of nitro groups is 1. The van der Waals surface area contributed by atoms with Gasteiger partial charge in [0.05, 0.1) is 16.2 Å². The number of aliphatic imine (C=N–C) groups is 1. The summed E-state index contributed by atoms with van der Waals surface area (Å²) in [6.45, 7) is 0.264. The van der Waals surface area contributed by atoms with E-state index < -0.39 is 10.9 Å². The molecule has 0 bridgehead atoms. The number of carboxylic acid groups (broad SMARTS) is 1. The Bertz CT molecular complexity index is 1060. The van der Waals surface area contributed by atoms with Crippen molar-refractivity contribution < 1.29 is 19.6 Å². The van der Waals surface area contributed by atoms with Crippen LogP contribution in [0.4, 0.5) is 11.4 Å². The van der Waals surface area contributed by atoms with Gasteiger partial charge in [0.2, 0.25) is 0 Å². The largest absolute Gasteiger partial charge is 0.488 e. The van der Waals surface area contributed by atoms with Gasteiger partial charge in [0, 0.05) is 28.4 Å². The fourth-order valence-corrected chi connectivity index (χ4v) is 2.84. The number of carboxylic acids is 1. The summed E-state index contributed by atoms with van der Waals surface area (Å²) >= 11 is 3.42. The van der Waals surface area contributed by atoms with Crippen LogP contribution in [0.1, 0.15) is 21.5 Å². The fourth-order valence-electron chi connectivity index (χ4n) is 2.46. The van der Waals surface area contributed by atoms with Crippen molar-refractivity contribution >= 4 is 39.5 Å². The molecule has 0 saturated carbocycles. The van der Waals surface area contributed by atoms with Gasteiger partial charge in [-0.3, -0.25) is 15.1 Å². The van der Waals surface area contributed by atoms with E-state index in [1.165, 1.54) is 24.3 Å². The standard InChI is InChI=1S/C21H15BrN2O5/c22-17-5-10-20(29-13-14-1-3-15(4-2-14)21(25)26)16(11-17)12-23-18-6-8-19(9-7-18)24(27)28/h1-12H,13H2,(H,25,26). The average molecular weight is 455 g/mol. The molecule has 3 aromatic rings. The Morgan fingerprint density at radius 2 is 1.79 bits per heavy atom. The molecule has 0 aliphatic heterocycles. The van der Waals surface area contributed by atoms with Crippen molar-refractivity contribution in [2.45, 2.75) is 6.61 Å². The van der Waals surface area contributed by atoms with Gasteiger partial charge in [-0.15, -0.1) is 0 Å². The summed E-state index contributed by atoms with van der Waals surface area (Å²) in [6.07, 6.45) is 1.62. The second-order valence-electron chi connectivity index (χ2n) is 6.00. The number of carbonyl (C=O) groups is 1. The fraction of sp³-hybridized carbons (Fsp3) is 0.0476. The molecule has 0 saturated heterocycles. The second kappa shape index (κ2) is 9.11. The third kappa shape index (κ3) is 5.49. The van der Waals surface area contributed by atoms with E-state index in [1.807, 2.05) is 12.1 Å². The summed E-state index contributed by atoms with van der Waals surface area (Å²) in [6, 6.07) is 17.9. The van der Waals surface area contributed by atoms with Crippen LogP contribution in [0.5, 0.6) is 5.75 Å². The van der Waals surface area contributed by atoms with E-state index in [0.717, 1.165) is 15.6 Å². The molecule has 0 spiro atoms. The Morgan fingerprint density at radius 1 is 1.10 bits per heavy atom. The lowest BCUT2D eigenvalue weighted by molar-refractivity contribution is -0.384. The van der Waals surface area contributed by atoms with Crippen LogP contribution in [-0.4, -0.2) is 22.2 Å². The number of ether oxygens (including phenoxy) is 1. The van der Waals surface area contributed by atoms with E-state index in [1.54, 1.807) is 36.5 Å². The van der Waals surface area contributed by atoms with E-state index in [9.17, 15) is 14.9 Å². The molecule has 0 fully saturated rings. The van der Waals surface area contributed by atoms with Gasteiger partial charge in [-0.2, -0.15) is 0 Å². The van der Waals surface area contributed by atoms with Crippen LogP contribution in [0.15, 0.2) is 76.2 Å². The maximum absolute atomic E-state index is 10.9. The summed E-state index contributed by atoms with van der Waals surface area (Å²) in [4.78, 5) is 25.5. The van der Waals surface area contributed by atoms with Crippen LogP contribution in [0.3, 0.4) is 0 Å². The number of benzene rings is 3. The van der Waals surface area contributed by atoms with Crippen LogP contribution < -0.4 is 4.74 Å². The molecule has 0 aromatic heterocycles. The highest BCUT2D eigenvalue weighted by Crippen LogP contribution is 2.24. The minimum Gasteiger partial charge on any atom is -0.488 e. The summed E-state index contributed by atoms with van der Waals surface area (Å²) < 4.78 is 6.72. The van der Waals surface area contributed by atoms with E-state index in [-0.39, 0.29) is 17.9 Å². The van der Waals surface area contributed by atoms with Crippen molar-refractivity contribution in [3.05, 3.63) is 98.0 Å². The first-order valence-corrected chi connectivity index (χ1v) is 9.25. The van der Waals surface area contributed by atoms with Crippen LogP contribution in [0.25, 0.3) is 0 Å². The topological polar surface area (TPSA) is 102 Å². The summed E-state index contributed by atoms with van der Waals surface area (Å²) in [5.41, 5.74) is 2.35. The Kier molecular flexibility index (Phi) is 6.36. The zero-order valence-electron chi connectivity index (χ0n) is 15.0. The molecule has 146 valence electrons. The van der Waals surface area contributed by atoms with Crippen LogP contribution in [0.2, 0.25) is 0 Å². The van der Waals surface area contributed by atoms with Gasteiger partial charge in [-0.1, -0.05) is 28.1 Å². The zero-order chi connectivity index (χ0) is 20.8. The summed E-state index contributed by atoms with van der Waals surface area (Å²) in [7, 11) is 0. The van der Waals surface area contributed by atoms with Gasteiger partial charge in [0.1, 0.15) is 12.4 Å². The van der Waals surface area contributed by atoms with Gasteiger partial charge in [0.25, 0.3) is 5.69 Å². The second-order valence-corrected chi connectivity index (χ2v) is 6.92. The van der Waals surface area contributed by atoms with E-state index in [0.29, 0.717) is 11.4 Å². The minimum absolute atomic E-state index is 0.00402. The van der Waals surface area contributed by atoms with Crippen molar-refractivity contribution in [1.82, 2.24) is 0 Å². The summed E-state index contributed by atoms with van der Waals surface area (Å²) in [5.74, 6) is -0.378. The number of nitrogens with zero attached hydrogens (tertiary/aromatic N) is 2. The number of aromatic carboxylic acids is 1. The van der Waals surface area contributed by atoms with Crippen molar-refractivity contribution in [1.29, 1.82) is 0 Å². The highest BCUT2D eigenvalue weighted by molar-refractivity contribution is 9.10. The van der Waals surface area contributed by atoms with E-state index >= 15 is 0 Å². The normalized spacial score (nSPS) is 10.8. The molecule has 8 heteroatoms. The predicted molar refractivity (Wildman–Crippen MR) is 112 cm³/mol. The molecular formula is C21H15BrN2O5. The molecule has 0 radical (unpaired) electrons. The molecule has 0 aliphatic rings. The molecule has 0 aliphatic carbocycles. The maximum Gasteiger partial charge on any atom is 0.335 e. The molecular weight excluding hydrogens is 440 g/mol. The number of nitro benzene ring substituents is 1. The van der Waals surface area contributed by atoms with E-state index in [2.05, 4.69) is 20.9 Å². The van der Waals surface area contributed by atoms with Gasteiger partial charge in [-0.25, -0.2) is 4.79 Å². The first kappa shape index (κ1) is 20.2. The lowest BCUT2D eigenvalue weighted by Gasteiger charge is -2.10. The number of non-ortho nitro benzene ring substituents is 1. The number of halogens is 1. The molecule has 0 amide bonds. The van der Waals surface area contributed by atoms with Crippen molar-refractivity contribution in [2.75, 3.05) is 0 Å². The third-order valence-corrected chi connectivity index (χ3v) is 4.47. The minimum atomic E-state index is -0.977. The molecule has 7 nitrogen and oxygen atoms in total. The molecule has 0 heterocycles. The lowest BCUT2D eigenvalue weighted by Crippen LogP contribution is -2.00. The number of rotatable bonds is 7. The SMILES string of the molecule is O=C(O)c1ccc(COc2ccc(Br)cc2C=Nc2ccc([N+](=O)[O-])cc2)cc1. The van der Waals surface area contributed by atoms with Crippen molar-refractivity contribution in [2.24, 2.45) is 4.99 Å². The Morgan fingerprint density at radius 3 is 2.41 bits per heavy atom.